The smallest absolute Gasteiger partial charge is 0.296 e. The molecule has 3 N–H and O–H groups in total. The van der Waals surface area contributed by atoms with E-state index in [1.54, 1.807) is 49.4 Å². The quantitative estimate of drug-likeness (QED) is 0.142. The molecule has 0 aliphatic carbocycles. The van der Waals surface area contributed by atoms with Crippen molar-refractivity contribution in [1.82, 2.24) is 0 Å². The zero-order chi connectivity index (χ0) is 28.3. The van der Waals surface area contributed by atoms with Crippen LogP contribution >= 0.6 is 23.2 Å². The second-order valence-corrected chi connectivity index (χ2v) is 10.5. The fourth-order valence-electron chi connectivity index (χ4n) is 3.90. The third kappa shape index (κ3) is 5.99. The number of aryl methyl sites for hydroxylation is 1. The lowest BCUT2D eigenvalue weighted by atomic mass is 10.0. The Morgan fingerprint density at radius 1 is 1.03 bits per heavy atom. The number of aromatic hydroxyl groups is 1. The molecular weight excluding hydrogens is 565 g/mol. The lowest BCUT2D eigenvalue weighted by Gasteiger charge is -2.13. The first-order valence-electron chi connectivity index (χ1n) is 11.7. The lowest BCUT2D eigenvalue weighted by molar-refractivity contribution is 0.102. The van der Waals surface area contributed by atoms with Gasteiger partial charge in [0, 0.05) is 10.4 Å². The van der Waals surface area contributed by atoms with Gasteiger partial charge in [0.2, 0.25) is 0 Å². The summed E-state index contributed by atoms with van der Waals surface area (Å²) in [6, 6.07) is 15.7. The Labute approximate surface area is 234 Å². The third-order valence-corrected chi connectivity index (χ3v) is 7.42. The third-order valence-electron chi connectivity index (χ3n) is 5.80. The van der Waals surface area contributed by atoms with Gasteiger partial charge in [0.25, 0.3) is 16.0 Å². The Morgan fingerprint density at radius 3 is 2.46 bits per heavy atom. The number of phenols is 1. The molecule has 0 saturated heterocycles. The standard InChI is InChI=1S/C27H23Cl2N3O6S/c1-3-15-13-21(23(14-19(15)28)39(35,36)37)31-32-25-17-9-6-5-8-16(17)12-18(26(25)33)27(34)30-20-10-7-11-22(24(20)29)38-4-2/h5-14,33H,3-4H2,1-2H3,(H,30,34)(H,35,36,37). The van der Waals surface area contributed by atoms with Gasteiger partial charge in [0.05, 0.1) is 17.9 Å². The molecule has 0 heterocycles. The summed E-state index contributed by atoms with van der Waals surface area (Å²) in [6.45, 7) is 3.99. The maximum atomic E-state index is 13.3. The second kappa shape index (κ2) is 11.6. The summed E-state index contributed by atoms with van der Waals surface area (Å²) in [5.41, 5.74) is 0.458. The molecule has 4 aromatic rings. The van der Waals surface area contributed by atoms with Crippen molar-refractivity contribution in [2.45, 2.75) is 25.2 Å². The van der Waals surface area contributed by atoms with Crippen LogP contribution in [-0.2, 0) is 16.5 Å². The topological polar surface area (TPSA) is 138 Å². The van der Waals surface area contributed by atoms with Crippen LogP contribution in [0.4, 0.5) is 17.1 Å². The summed E-state index contributed by atoms with van der Waals surface area (Å²) < 4.78 is 39.1. The molecule has 0 spiro atoms. The molecule has 0 aliphatic rings. The van der Waals surface area contributed by atoms with Crippen molar-refractivity contribution < 1.29 is 27.6 Å². The SMILES string of the molecule is CCOc1cccc(NC(=O)c2cc3ccccc3c(N=Nc3cc(CC)c(Cl)cc3S(=O)(=O)O)c2O)c1Cl. The van der Waals surface area contributed by atoms with Crippen LogP contribution in [0.3, 0.4) is 0 Å². The Bertz CT molecular complexity index is 1720. The number of ether oxygens (including phenoxy) is 1. The van der Waals surface area contributed by atoms with Crippen LogP contribution in [0.1, 0.15) is 29.8 Å². The van der Waals surface area contributed by atoms with Gasteiger partial charge in [-0.3, -0.25) is 9.35 Å². The van der Waals surface area contributed by atoms with E-state index in [0.717, 1.165) is 6.07 Å². The van der Waals surface area contributed by atoms with Gasteiger partial charge in [-0.25, -0.2) is 0 Å². The molecule has 0 fully saturated rings. The molecule has 202 valence electrons. The lowest BCUT2D eigenvalue weighted by Crippen LogP contribution is -2.13. The maximum absolute atomic E-state index is 13.3. The predicted octanol–water partition coefficient (Wildman–Crippen LogP) is 7.73. The van der Waals surface area contributed by atoms with E-state index in [1.807, 2.05) is 6.92 Å². The minimum absolute atomic E-state index is 0.0818. The van der Waals surface area contributed by atoms with Crippen molar-refractivity contribution in [2.24, 2.45) is 10.2 Å². The number of carbonyl (C=O) groups excluding carboxylic acids is 1. The number of fused-ring (bicyclic) bond motifs is 1. The van der Waals surface area contributed by atoms with E-state index in [1.165, 1.54) is 12.1 Å². The Kier molecular flexibility index (Phi) is 8.41. The second-order valence-electron chi connectivity index (χ2n) is 8.29. The molecule has 0 saturated carbocycles. The summed E-state index contributed by atoms with van der Waals surface area (Å²) in [5.74, 6) is -0.785. The average molecular weight is 588 g/mol. The molecule has 0 atom stereocenters. The van der Waals surface area contributed by atoms with Gasteiger partial charge in [0.1, 0.15) is 27.0 Å². The van der Waals surface area contributed by atoms with E-state index in [0.29, 0.717) is 35.1 Å². The highest BCUT2D eigenvalue weighted by Gasteiger charge is 2.22. The van der Waals surface area contributed by atoms with Crippen LogP contribution in [0.5, 0.6) is 11.5 Å². The number of nitrogens with one attached hydrogen (secondary N) is 1. The fourth-order valence-corrected chi connectivity index (χ4v) is 5.12. The first-order chi connectivity index (χ1) is 18.5. The van der Waals surface area contributed by atoms with Crippen LogP contribution in [-0.4, -0.2) is 30.6 Å². The van der Waals surface area contributed by atoms with Crippen LogP contribution in [0, 0.1) is 0 Å². The number of nitrogens with zero attached hydrogens (tertiary/aromatic N) is 2. The normalized spacial score (nSPS) is 11.7. The zero-order valence-electron chi connectivity index (χ0n) is 20.8. The highest BCUT2D eigenvalue weighted by molar-refractivity contribution is 7.86. The Hall–Kier alpha value is -3.70. The Balaban J connectivity index is 1.83. The summed E-state index contributed by atoms with van der Waals surface area (Å²) in [6.07, 6.45) is 0.462. The van der Waals surface area contributed by atoms with Crippen LogP contribution in [0.2, 0.25) is 10.0 Å². The van der Waals surface area contributed by atoms with Crippen molar-refractivity contribution >= 4 is 67.1 Å². The van der Waals surface area contributed by atoms with Gasteiger partial charge < -0.3 is 15.2 Å². The van der Waals surface area contributed by atoms with E-state index >= 15 is 0 Å². The van der Waals surface area contributed by atoms with Crippen molar-refractivity contribution in [3.05, 3.63) is 81.8 Å². The van der Waals surface area contributed by atoms with E-state index < -0.39 is 26.7 Å². The molecule has 0 bridgehead atoms. The predicted molar refractivity (Wildman–Crippen MR) is 151 cm³/mol. The number of azo groups is 1. The number of hydrogen-bond donors (Lipinski definition) is 3. The van der Waals surface area contributed by atoms with Gasteiger partial charge in [-0.1, -0.05) is 60.5 Å². The Morgan fingerprint density at radius 2 is 1.77 bits per heavy atom. The van der Waals surface area contributed by atoms with Crippen molar-refractivity contribution in [3.63, 3.8) is 0 Å². The molecule has 39 heavy (non-hydrogen) atoms. The van der Waals surface area contributed by atoms with Gasteiger partial charge in [0.15, 0.2) is 5.75 Å². The van der Waals surface area contributed by atoms with Gasteiger partial charge in [-0.2, -0.15) is 8.42 Å². The molecular formula is C27H23Cl2N3O6S. The highest BCUT2D eigenvalue weighted by atomic mass is 35.5. The minimum atomic E-state index is -4.69. The first kappa shape index (κ1) is 28.3. The summed E-state index contributed by atoms with van der Waals surface area (Å²) in [7, 11) is -4.69. The summed E-state index contributed by atoms with van der Waals surface area (Å²) >= 11 is 12.5. The largest absolute Gasteiger partial charge is 0.505 e. The number of carbonyl (C=O) groups is 1. The molecule has 1 amide bonds. The van der Waals surface area contributed by atoms with Gasteiger partial charge in [-0.05, 0) is 54.6 Å². The highest BCUT2D eigenvalue weighted by Crippen LogP contribution is 2.41. The first-order valence-corrected chi connectivity index (χ1v) is 13.9. The van der Waals surface area contributed by atoms with Gasteiger partial charge in [-0.15, -0.1) is 10.2 Å². The van der Waals surface area contributed by atoms with E-state index in [-0.39, 0.29) is 32.7 Å². The molecule has 0 aromatic heterocycles. The number of halogens is 2. The molecule has 12 heteroatoms. The van der Waals surface area contributed by atoms with Crippen LogP contribution in [0.15, 0.2) is 75.8 Å². The maximum Gasteiger partial charge on any atom is 0.296 e. The van der Waals surface area contributed by atoms with E-state index in [2.05, 4.69) is 15.5 Å². The molecule has 0 radical (unpaired) electrons. The minimum Gasteiger partial charge on any atom is -0.505 e. The molecule has 4 aromatic carbocycles. The molecule has 0 unspecified atom stereocenters. The number of anilines is 1. The van der Waals surface area contributed by atoms with E-state index in [9.17, 15) is 22.9 Å². The molecule has 9 nitrogen and oxygen atoms in total. The number of hydrogen-bond acceptors (Lipinski definition) is 7. The van der Waals surface area contributed by atoms with Crippen molar-refractivity contribution in [1.29, 1.82) is 0 Å². The number of phenolic OH excluding ortho intramolecular Hbond substituents is 1. The number of benzene rings is 4. The summed E-state index contributed by atoms with van der Waals surface area (Å²) in [5, 5.41) is 23.3. The fraction of sp³-hybridized carbons (Fsp3) is 0.148. The van der Waals surface area contributed by atoms with Crippen LogP contribution in [0.25, 0.3) is 10.8 Å². The van der Waals surface area contributed by atoms with Crippen LogP contribution < -0.4 is 10.1 Å². The zero-order valence-corrected chi connectivity index (χ0v) is 23.1. The number of amides is 1. The monoisotopic (exact) mass is 587 g/mol. The van der Waals surface area contributed by atoms with Gasteiger partial charge >= 0.3 is 0 Å². The number of rotatable bonds is 8. The van der Waals surface area contributed by atoms with Crippen molar-refractivity contribution in [3.8, 4) is 11.5 Å². The molecule has 4 rings (SSSR count). The average Bonchev–Trinajstić information content (AvgIpc) is 2.90. The summed E-state index contributed by atoms with van der Waals surface area (Å²) in [4.78, 5) is 12.7. The van der Waals surface area contributed by atoms with E-state index in [4.69, 9.17) is 27.9 Å². The molecule has 0 aliphatic heterocycles. The van der Waals surface area contributed by atoms with Crippen molar-refractivity contribution in [2.75, 3.05) is 11.9 Å².